The maximum absolute atomic E-state index is 10.3. The maximum Gasteiger partial charge on any atom is 0.0543 e. The van der Waals surface area contributed by atoms with E-state index in [0.29, 0.717) is 22.7 Å². The highest BCUT2D eigenvalue weighted by molar-refractivity contribution is 5.28. The van der Waals surface area contributed by atoms with E-state index in [4.69, 9.17) is 0 Å². The zero-order valence-electron chi connectivity index (χ0n) is 20.7. The van der Waals surface area contributed by atoms with E-state index in [0.717, 1.165) is 42.4 Å². The van der Waals surface area contributed by atoms with Crippen molar-refractivity contribution >= 4 is 0 Å². The topological polar surface area (TPSA) is 20.2 Å². The van der Waals surface area contributed by atoms with Crippen LogP contribution in [0.25, 0.3) is 0 Å². The lowest BCUT2D eigenvalue weighted by molar-refractivity contribution is -0.0414. The second-order valence-corrected chi connectivity index (χ2v) is 12.5. The van der Waals surface area contributed by atoms with Gasteiger partial charge in [-0.3, -0.25) is 0 Å². The molecule has 1 heteroatoms. The summed E-state index contributed by atoms with van der Waals surface area (Å²) >= 11 is 0. The van der Waals surface area contributed by atoms with E-state index < -0.39 is 0 Å². The van der Waals surface area contributed by atoms with Crippen molar-refractivity contribution in [2.75, 3.05) is 0 Å². The third-order valence-corrected chi connectivity index (χ3v) is 10.7. The Bertz CT molecular complexity index is 674. The molecule has 9 atom stereocenters. The van der Waals surface area contributed by atoms with E-state index in [2.05, 4.69) is 59.8 Å². The van der Waals surface area contributed by atoms with Gasteiger partial charge in [-0.15, -0.1) is 0 Å². The first-order chi connectivity index (χ1) is 14.2. The van der Waals surface area contributed by atoms with Crippen molar-refractivity contribution in [1.29, 1.82) is 0 Å². The zero-order valence-corrected chi connectivity index (χ0v) is 20.7. The molecule has 4 rings (SSSR count). The number of fused-ring (bicyclic) bond motifs is 5. The van der Waals surface area contributed by atoms with Crippen LogP contribution in [0.1, 0.15) is 99.3 Å². The lowest BCUT2D eigenvalue weighted by Gasteiger charge is -2.57. The van der Waals surface area contributed by atoms with Gasteiger partial charge in [0.15, 0.2) is 0 Å². The summed E-state index contributed by atoms with van der Waals surface area (Å²) in [6.07, 6.45) is 19.2. The Balaban J connectivity index is 1.53. The molecule has 1 N–H and O–H groups in total. The van der Waals surface area contributed by atoms with Gasteiger partial charge in [-0.2, -0.15) is 0 Å². The summed E-state index contributed by atoms with van der Waals surface area (Å²) in [5.41, 5.74) is 2.79. The Hall–Kier alpha value is -0.560. The van der Waals surface area contributed by atoms with E-state index in [1.54, 1.807) is 0 Å². The van der Waals surface area contributed by atoms with Gasteiger partial charge in [0.25, 0.3) is 0 Å². The number of allylic oxidation sites excluding steroid dienone is 4. The first-order valence-corrected chi connectivity index (χ1v) is 13.3. The smallest absolute Gasteiger partial charge is 0.0543 e. The summed E-state index contributed by atoms with van der Waals surface area (Å²) in [6.45, 7) is 14.8. The summed E-state index contributed by atoms with van der Waals surface area (Å²) in [4.78, 5) is 0. The largest absolute Gasteiger partial charge is 0.393 e. The van der Waals surface area contributed by atoms with Crippen LogP contribution in [0.4, 0.5) is 0 Å². The van der Waals surface area contributed by atoms with E-state index in [-0.39, 0.29) is 6.10 Å². The standard InChI is InChI=1S/C29H48O/c1-7-21(19(2)3)9-8-20(4)25-12-13-26-24-11-10-22-18-23(30)14-16-28(22,5)27(24)15-17-29(25,26)6/h8-9,11,19-23,25-27,30H,7,10,12-18H2,1-6H3/b9-8+/t20-,21-,22+,23-,25-,26+,27-,28+,29-/m1/s1. The number of aliphatic hydroxyl groups is 1. The van der Waals surface area contributed by atoms with Crippen LogP contribution in [0.2, 0.25) is 0 Å². The molecule has 4 aliphatic carbocycles. The lowest BCUT2D eigenvalue weighted by atomic mass is 9.47. The van der Waals surface area contributed by atoms with E-state index in [1.807, 2.05) is 5.57 Å². The molecule has 3 fully saturated rings. The molecule has 0 saturated heterocycles. The van der Waals surface area contributed by atoms with Gasteiger partial charge in [-0.25, -0.2) is 0 Å². The van der Waals surface area contributed by atoms with Crippen LogP contribution in [0, 0.1) is 52.3 Å². The highest BCUT2D eigenvalue weighted by Crippen LogP contribution is 2.66. The molecule has 0 unspecified atom stereocenters. The highest BCUT2D eigenvalue weighted by atomic mass is 16.3. The third-order valence-electron chi connectivity index (χ3n) is 10.7. The number of aliphatic hydroxyl groups excluding tert-OH is 1. The lowest BCUT2D eigenvalue weighted by Crippen LogP contribution is -2.49. The van der Waals surface area contributed by atoms with Crippen molar-refractivity contribution in [2.45, 2.75) is 105 Å². The fourth-order valence-electron chi connectivity index (χ4n) is 8.68. The van der Waals surface area contributed by atoms with Gasteiger partial charge in [-0.05, 0) is 110 Å². The second-order valence-electron chi connectivity index (χ2n) is 12.5. The van der Waals surface area contributed by atoms with Crippen LogP contribution in [0.3, 0.4) is 0 Å². The van der Waals surface area contributed by atoms with Gasteiger partial charge in [0.05, 0.1) is 6.10 Å². The highest BCUT2D eigenvalue weighted by Gasteiger charge is 2.57. The molecule has 0 spiro atoms. The van der Waals surface area contributed by atoms with Crippen molar-refractivity contribution in [2.24, 2.45) is 52.3 Å². The molecule has 4 aliphatic rings. The second kappa shape index (κ2) is 8.42. The number of hydrogen-bond acceptors (Lipinski definition) is 1. The Morgan fingerprint density at radius 2 is 1.70 bits per heavy atom. The van der Waals surface area contributed by atoms with Crippen molar-refractivity contribution in [3.63, 3.8) is 0 Å². The third kappa shape index (κ3) is 3.66. The van der Waals surface area contributed by atoms with E-state index >= 15 is 0 Å². The van der Waals surface area contributed by atoms with Gasteiger partial charge in [0.2, 0.25) is 0 Å². The molecule has 170 valence electrons. The van der Waals surface area contributed by atoms with Crippen LogP contribution in [-0.2, 0) is 0 Å². The van der Waals surface area contributed by atoms with Gasteiger partial charge in [0, 0.05) is 0 Å². The predicted octanol–water partition coefficient (Wildman–Crippen LogP) is 7.80. The van der Waals surface area contributed by atoms with E-state index in [1.165, 1.54) is 44.9 Å². The SMILES string of the molecule is CC[C@H](/C=C/[C@@H](C)[C@H]1CC[C@H]2C3=CC[C@H]4C[C@H](O)CC[C@]4(C)[C@@H]3CC[C@]12C)C(C)C. The fourth-order valence-corrected chi connectivity index (χ4v) is 8.68. The predicted molar refractivity (Wildman–Crippen MR) is 128 cm³/mol. The molecule has 0 bridgehead atoms. The minimum absolute atomic E-state index is 0.0480. The van der Waals surface area contributed by atoms with Crippen molar-refractivity contribution in [3.8, 4) is 0 Å². The van der Waals surface area contributed by atoms with Crippen LogP contribution in [0.15, 0.2) is 23.8 Å². The molecule has 0 heterocycles. The van der Waals surface area contributed by atoms with Crippen molar-refractivity contribution < 1.29 is 5.11 Å². The molecule has 0 aromatic heterocycles. The fraction of sp³-hybridized carbons (Fsp3) is 0.862. The Kier molecular flexibility index (Phi) is 6.35. The van der Waals surface area contributed by atoms with Crippen molar-refractivity contribution in [3.05, 3.63) is 23.8 Å². The molecular formula is C29H48O. The average molecular weight is 413 g/mol. The summed E-state index contributed by atoms with van der Waals surface area (Å²) in [7, 11) is 0. The summed E-state index contributed by atoms with van der Waals surface area (Å²) in [6, 6.07) is 0. The first-order valence-electron chi connectivity index (χ1n) is 13.3. The zero-order chi connectivity index (χ0) is 21.7. The molecule has 30 heavy (non-hydrogen) atoms. The summed E-state index contributed by atoms with van der Waals surface area (Å²) in [5, 5.41) is 10.3. The first kappa shape index (κ1) is 22.6. The summed E-state index contributed by atoms with van der Waals surface area (Å²) < 4.78 is 0. The molecular weight excluding hydrogens is 364 g/mol. The molecule has 0 aliphatic heterocycles. The van der Waals surface area contributed by atoms with Gasteiger partial charge in [-0.1, -0.05) is 65.3 Å². The maximum atomic E-state index is 10.3. The monoisotopic (exact) mass is 412 g/mol. The number of hydrogen-bond donors (Lipinski definition) is 1. The minimum atomic E-state index is -0.0480. The van der Waals surface area contributed by atoms with Crippen LogP contribution in [0.5, 0.6) is 0 Å². The Labute approximate surface area is 186 Å². The van der Waals surface area contributed by atoms with Gasteiger partial charge in [0.1, 0.15) is 0 Å². The van der Waals surface area contributed by atoms with Crippen LogP contribution < -0.4 is 0 Å². The Morgan fingerprint density at radius 1 is 1.00 bits per heavy atom. The van der Waals surface area contributed by atoms with Crippen molar-refractivity contribution in [1.82, 2.24) is 0 Å². The van der Waals surface area contributed by atoms with Crippen LogP contribution in [-0.4, -0.2) is 11.2 Å². The van der Waals surface area contributed by atoms with Gasteiger partial charge >= 0.3 is 0 Å². The van der Waals surface area contributed by atoms with E-state index in [9.17, 15) is 5.11 Å². The molecule has 0 aromatic carbocycles. The normalized spacial score (nSPS) is 45.6. The molecule has 0 radical (unpaired) electrons. The molecule has 0 aromatic rings. The summed E-state index contributed by atoms with van der Waals surface area (Å²) in [5.74, 6) is 5.32. The van der Waals surface area contributed by atoms with Gasteiger partial charge < -0.3 is 5.11 Å². The minimum Gasteiger partial charge on any atom is -0.393 e. The van der Waals surface area contributed by atoms with Crippen LogP contribution >= 0.6 is 0 Å². The molecule has 3 saturated carbocycles. The molecule has 1 nitrogen and oxygen atoms in total. The average Bonchev–Trinajstić information content (AvgIpc) is 3.06. The Morgan fingerprint density at radius 3 is 2.40 bits per heavy atom. The molecule has 0 amide bonds. The quantitative estimate of drug-likeness (QED) is 0.457. The number of rotatable bonds is 5.